The molecule has 0 aromatic heterocycles. The van der Waals surface area contributed by atoms with Crippen molar-refractivity contribution in [3.05, 3.63) is 41.0 Å². The van der Waals surface area contributed by atoms with E-state index in [1.807, 2.05) is 0 Å². The molecule has 0 saturated heterocycles. The van der Waals surface area contributed by atoms with Crippen molar-refractivity contribution in [3.63, 3.8) is 0 Å². The van der Waals surface area contributed by atoms with E-state index < -0.39 is 0 Å². The van der Waals surface area contributed by atoms with Crippen LogP contribution in [0.15, 0.2) is 24.3 Å². The van der Waals surface area contributed by atoms with Crippen molar-refractivity contribution in [2.45, 2.75) is 48.5 Å². The van der Waals surface area contributed by atoms with E-state index >= 15 is 0 Å². The molecule has 0 heteroatoms. The van der Waals surface area contributed by atoms with E-state index in [1.54, 1.807) is 0 Å². The van der Waals surface area contributed by atoms with E-state index in [0.717, 1.165) is 12.8 Å². The first-order valence-electron chi connectivity index (χ1n) is 5.04. The van der Waals surface area contributed by atoms with Crippen LogP contribution in [0.3, 0.4) is 0 Å². The van der Waals surface area contributed by atoms with Crippen LogP contribution in [0.2, 0.25) is 0 Å². The van der Waals surface area contributed by atoms with Gasteiger partial charge < -0.3 is 0 Å². The zero-order chi connectivity index (χ0) is 9.68. The Morgan fingerprint density at radius 2 is 1.80 bits per heavy atom. The number of allylic oxidation sites excluding steroid dienone is 1. The Morgan fingerprint density at radius 3 is 2.33 bits per heavy atom. The summed E-state index contributed by atoms with van der Waals surface area (Å²) >= 11 is 0. The molecule has 0 spiro atoms. The van der Waals surface area contributed by atoms with Crippen LogP contribution in [0.25, 0.3) is 6.08 Å². The summed E-state index contributed by atoms with van der Waals surface area (Å²) in [7, 11) is 0. The van der Waals surface area contributed by atoms with Gasteiger partial charge in [0, 0.05) is 0 Å². The van der Waals surface area contributed by atoms with E-state index in [0.29, 0.717) is 0 Å². The van der Waals surface area contributed by atoms with Gasteiger partial charge in [-0.05, 0) is 36.5 Å². The lowest BCUT2D eigenvalue weighted by atomic mass is 9.99. The largest absolute Gasteiger partial charge is 0.0842 e. The third-order valence-electron chi connectivity index (χ3n) is 2.32. The molecule has 1 aromatic carbocycles. The van der Waals surface area contributed by atoms with Crippen LogP contribution < -0.4 is 0 Å². The van der Waals surface area contributed by atoms with Gasteiger partial charge in [0.25, 0.3) is 0 Å². The number of aryl methyl sites for hydroxylation is 2. The lowest BCUT2D eigenvalue weighted by Gasteiger charge is -2.06. The van der Waals surface area contributed by atoms with E-state index in [9.17, 15) is 0 Å². The fraction of sp³-hybridized carbons (Fsp3) is 0.467. The monoisotopic (exact) mass is 206 g/mol. The molecule has 1 rings (SSSR count). The molecule has 0 nitrogen and oxygen atoms in total. The topological polar surface area (TPSA) is 0 Å². The van der Waals surface area contributed by atoms with Crippen molar-refractivity contribution in [1.29, 1.82) is 0 Å². The summed E-state index contributed by atoms with van der Waals surface area (Å²) in [5.74, 6) is 0. The first-order valence-corrected chi connectivity index (χ1v) is 5.04. The first kappa shape index (κ1) is 16.4. The summed E-state index contributed by atoms with van der Waals surface area (Å²) in [6.07, 6.45) is 6.69. The molecule has 0 unspecified atom stereocenters. The quantitative estimate of drug-likeness (QED) is 0.633. The van der Waals surface area contributed by atoms with Crippen molar-refractivity contribution in [3.8, 4) is 0 Å². The molecule has 0 aliphatic rings. The van der Waals surface area contributed by atoms with Crippen molar-refractivity contribution >= 4 is 6.08 Å². The first-order chi connectivity index (χ1) is 6.29. The standard InChI is InChI=1S/C13H18.2CH4/c1-4-6-10-13-11(3)8-7-9-12(13)5-2;;/h6-10H,4-5H2,1-3H3;2*1H4/b10-6-;;. The molecule has 0 atom stereocenters. The van der Waals surface area contributed by atoms with Crippen molar-refractivity contribution < 1.29 is 0 Å². The second kappa shape index (κ2) is 8.28. The normalized spacial score (nSPS) is 9.53. The summed E-state index contributed by atoms with van der Waals surface area (Å²) < 4.78 is 0. The molecule has 0 amide bonds. The van der Waals surface area contributed by atoms with Crippen LogP contribution in [-0.4, -0.2) is 0 Å². The Morgan fingerprint density at radius 1 is 1.13 bits per heavy atom. The predicted octanol–water partition coefficient (Wildman–Crippen LogP) is 5.25. The average molecular weight is 206 g/mol. The molecule has 0 fully saturated rings. The van der Waals surface area contributed by atoms with Gasteiger partial charge in [-0.15, -0.1) is 0 Å². The third kappa shape index (κ3) is 4.33. The molecule has 0 saturated carbocycles. The summed E-state index contributed by atoms with van der Waals surface area (Å²) in [6.45, 7) is 6.55. The molecule has 0 aliphatic carbocycles. The maximum Gasteiger partial charge on any atom is -0.0199 e. The fourth-order valence-electron chi connectivity index (χ4n) is 1.52. The highest BCUT2D eigenvalue weighted by Gasteiger charge is 1.98. The highest BCUT2D eigenvalue weighted by Crippen LogP contribution is 2.16. The highest BCUT2D eigenvalue weighted by molar-refractivity contribution is 5.57. The van der Waals surface area contributed by atoms with Gasteiger partial charge in [0.1, 0.15) is 0 Å². The molecule has 0 radical (unpaired) electrons. The van der Waals surface area contributed by atoms with Gasteiger partial charge in [-0.1, -0.05) is 59.1 Å². The van der Waals surface area contributed by atoms with E-state index in [2.05, 4.69) is 51.1 Å². The molecule has 1 aromatic rings. The predicted molar refractivity (Wildman–Crippen MR) is 73.3 cm³/mol. The summed E-state index contributed by atoms with van der Waals surface area (Å²) in [4.78, 5) is 0. The van der Waals surface area contributed by atoms with E-state index in [1.165, 1.54) is 16.7 Å². The molecule has 0 N–H and O–H groups in total. The maximum atomic E-state index is 2.24. The fourth-order valence-corrected chi connectivity index (χ4v) is 1.52. The lowest BCUT2D eigenvalue weighted by molar-refractivity contribution is 1.12. The summed E-state index contributed by atoms with van der Waals surface area (Å²) in [6, 6.07) is 6.52. The molecule has 0 aliphatic heterocycles. The minimum absolute atomic E-state index is 0. The van der Waals surface area contributed by atoms with Gasteiger partial charge in [-0.3, -0.25) is 0 Å². The van der Waals surface area contributed by atoms with Crippen molar-refractivity contribution in [2.75, 3.05) is 0 Å². The number of benzene rings is 1. The van der Waals surface area contributed by atoms with Crippen molar-refractivity contribution in [1.82, 2.24) is 0 Å². The summed E-state index contributed by atoms with van der Waals surface area (Å²) in [5, 5.41) is 0. The smallest absolute Gasteiger partial charge is 0.0199 e. The van der Waals surface area contributed by atoms with Crippen LogP contribution in [0.5, 0.6) is 0 Å². The number of rotatable bonds is 3. The Kier molecular flexibility index (Phi) is 9.05. The van der Waals surface area contributed by atoms with Crippen molar-refractivity contribution in [2.24, 2.45) is 0 Å². The number of hydrogen-bond donors (Lipinski definition) is 0. The van der Waals surface area contributed by atoms with Crippen LogP contribution in [-0.2, 0) is 6.42 Å². The van der Waals surface area contributed by atoms with Gasteiger partial charge >= 0.3 is 0 Å². The molecule has 15 heavy (non-hydrogen) atoms. The number of hydrogen-bond acceptors (Lipinski definition) is 0. The second-order valence-corrected chi connectivity index (χ2v) is 3.31. The second-order valence-electron chi connectivity index (χ2n) is 3.31. The average Bonchev–Trinajstić information content (AvgIpc) is 2.15. The minimum Gasteiger partial charge on any atom is -0.0842 e. The van der Waals surface area contributed by atoms with Gasteiger partial charge in [0.2, 0.25) is 0 Å². The van der Waals surface area contributed by atoms with Gasteiger partial charge in [-0.25, -0.2) is 0 Å². The molecular weight excluding hydrogens is 180 g/mol. The Bertz CT molecular complexity index is 295. The van der Waals surface area contributed by atoms with Gasteiger partial charge in [0.05, 0.1) is 0 Å². The van der Waals surface area contributed by atoms with Crippen LogP contribution in [0, 0.1) is 6.92 Å². The molecular formula is C15H26. The minimum atomic E-state index is 0. The zero-order valence-electron chi connectivity index (χ0n) is 8.80. The lowest BCUT2D eigenvalue weighted by Crippen LogP contribution is -1.89. The molecule has 0 heterocycles. The Balaban J connectivity index is 0. The Labute approximate surface area is 96.0 Å². The highest BCUT2D eigenvalue weighted by atomic mass is 14.0. The Hall–Kier alpha value is -1.04. The maximum absolute atomic E-state index is 2.24. The van der Waals surface area contributed by atoms with Gasteiger partial charge in [0.15, 0.2) is 0 Å². The SMILES string of the molecule is C.C.CC/C=C\c1c(C)cccc1CC. The zero-order valence-corrected chi connectivity index (χ0v) is 8.80. The van der Waals surface area contributed by atoms with Crippen LogP contribution >= 0.6 is 0 Å². The van der Waals surface area contributed by atoms with Crippen LogP contribution in [0.4, 0.5) is 0 Å². The van der Waals surface area contributed by atoms with Crippen LogP contribution in [0.1, 0.15) is 51.8 Å². The van der Waals surface area contributed by atoms with E-state index in [4.69, 9.17) is 0 Å². The van der Waals surface area contributed by atoms with Gasteiger partial charge in [-0.2, -0.15) is 0 Å². The van der Waals surface area contributed by atoms with E-state index in [-0.39, 0.29) is 14.9 Å². The third-order valence-corrected chi connectivity index (χ3v) is 2.32. The molecule has 86 valence electrons. The summed E-state index contributed by atoms with van der Waals surface area (Å²) in [5.41, 5.74) is 4.24. The molecule has 0 bridgehead atoms.